The van der Waals surface area contributed by atoms with Crippen LogP contribution in [0.3, 0.4) is 0 Å². The van der Waals surface area contributed by atoms with Crippen LogP contribution in [0, 0.1) is 6.92 Å². The van der Waals surface area contributed by atoms with Crippen molar-refractivity contribution in [3.05, 3.63) is 29.3 Å². The third-order valence-corrected chi connectivity index (χ3v) is 3.40. The number of phenolic OH excluding ortho intramolecular Hbond substituents is 1. The molecule has 15 heavy (non-hydrogen) atoms. The van der Waals surface area contributed by atoms with E-state index in [1.165, 1.54) is 24.8 Å². The summed E-state index contributed by atoms with van der Waals surface area (Å²) in [4.78, 5) is 0. The minimum atomic E-state index is 0.302. The maximum atomic E-state index is 9.68. The monoisotopic (exact) mass is 205 g/mol. The predicted octanol–water partition coefficient (Wildman–Crippen LogP) is 2.73. The Balaban J connectivity index is 2.01. The minimum Gasteiger partial charge on any atom is -0.508 e. The lowest BCUT2D eigenvalue weighted by Gasteiger charge is -2.39. The lowest BCUT2D eigenvalue weighted by Crippen LogP contribution is -2.47. The average molecular weight is 205 g/mol. The van der Waals surface area contributed by atoms with Crippen LogP contribution in [0.15, 0.2) is 18.2 Å². The van der Waals surface area contributed by atoms with Crippen LogP contribution < -0.4 is 5.32 Å². The van der Waals surface area contributed by atoms with Gasteiger partial charge in [-0.2, -0.15) is 0 Å². The molecule has 1 aliphatic rings. The summed E-state index contributed by atoms with van der Waals surface area (Å²) < 4.78 is 0. The van der Waals surface area contributed by atoms with Crippen molar-refractivity contribution < 1.29 is 5.11 Å². The number of nitrogens with one attached hydrogen (secondary N) is 1. The van der Waals surface area contributed by atoms with E-state index in [2.05, 4.69) is 12.2 Å². The maximum absolute atomic E-state index is 9.68. The standard InChI is InChI=1S/C13H19NO/c1-10-4-5-12(15)11(8-10)9-14-13(2)6-3-7-13/h4-5,8,14-15H,3,6-7,9H2,1-2H3. The van der Waals surface area contributed by atoms with Crippen molar-refractivity contribution >= 4 is 0 Å². The van der Waals surface area contributed by atoms with Crippen molar-refractivity contribution in [3.8, 4) is 5.75 Å². The van der Waals surface area contributed by atoms with E-state index in [1.807, 2.05) is 19.1 Å². The van der Waals surface area contributed by atoms with E-state index in [4.69, 9.17) is 0 Å². The van der Waals surface area contributed by atoms with E-state index in [0.29, 0.717) is 11.3 Å². The number of hydrogen-bond acceptors (Lipinski definition) is 2. The minimum absolute atomic E-state index is 0.302. The van der Waals surface area contributed by atoms with Gasteiger partial charge in [0.25, 0.3) is 0 Å². The van der Waals surface area contributed by atoms with Gasteiger partial charge >= 0.3 is 0 Å². The lowest BCUT2D eigenvalue weighted by atomic mass is 9.78. The SMILES string of the molecule is Cc1ccc(O)c(CNC2(C)CCC2)c1. The Bertz CT molecular complexity index is 356. The summed E-state index contributed by atoms with van der Waals surface area (Å²) in [5, 5.41) is 13.2. The molecule has 0 unspecified atom stereocenters. The van der Waals surface area contributed by atoms with Gasteiger partial charge in [-0.25, -0.2) is 0 Å². The highest BCUT2D eigenvalue weighted by Crippen LogP contribution is 2.31. The number of aryl methyl sites for hydroxylation is 1. The molecule has 0 aromatic heterocycles. The van der Waals surface area contributed by atoms with Crippen molar-refractivity contribution in [2.24, 2.45) is 0 Å². The molecule has 82 valence electrons. The van der Waals surface area contributed by atoms with Crippen molar-refractivity contribution in [2.75, 3.05) is 0 Å². The second-order valence-electron chi connectivity index (χ2n) is 4.90. The van der Waals surface area contributed by atoms with Gasteiger partial charge in [-0.05, 0) is 39.2 Å². The molecule has 1 fully saturated rings. The molecule has 0 atom stereocenters. The molecule has 1 saturated carbocycles. The van der Waals surface area contributed by atoms with E-state index < -0.39 is 0 Å². The third kappa shape index (κ3) is 2.32. The van der Waals surface area contributed by atoms with Gasteiger partial charge in [-0.1, -0.05) is 17.7 Å². The number of benzene rings is 1. The molecule has 0 heterocycles. The van der Waals surface area contributed by atoms with Crippen LogP contribution in [0.25, 0.3) is 0 Å². The Labute approximate surface area is 91.3 Å². The Morgan fingerprint density at radius 3 is 2.73 bits per heavy atom. The smallest absolute Gasteiger partial charge is 0.120 e. The van der Waals surface area contributed by atoms with E-state index in [0.717, 1.165) is 12.1 Å². The Morgan fingerprint density at radius 1 is 1.40 bits per heavy atom. The van der Waals surface area contributed by atoms with Crippen molar-refractivity contribution in [1.29, 1.82) is 0 Å². The molecule has 0 aliphatic heterocycles. The van der Waals surface area contributed by atoms with Gasteiger partial charge in [-0.15, -0.1) is 0 Å². The summed E-state index contributed by atoms with van der Waals surface area (Å²) in [6.07, 6.45) is 3.82. The maximum Gasteiger partial charge on any atom is 0.120 e. The van der Waals surface area contributed by atoms with Gasteiger partial charge in [0, 0.05) is 17.6 Å². The van der Waals surface area contributed by atoms with E-state index in [9.17, 15) is 5.11 Å². The first-order valence-electron chi connectivity index (χ1n) is 5.63. The zero-order valence-corrected chi connectivity index (χ0v) is 9.51. The van der Waals surface area contributed by atoms with Gasteiger partial charge in [0.15, 0.2) is 0 Å². The summed E-state index contributed by atoms with van der Waals surface area (Å²) in [5.41, 5.74) is 2.50. The fourth-order valence-electron chi connectivity index (χ4n) is 2.05. The molecule has 1 aromatic carbocycles. The Morgan fingerprint density at radius 2 is 2.13 bits per heavy atom. The molecule has 0 spiro atoms. The molecule has 0 radical (unpaired) electrons. The molecule has 2 N–H and O–H groups in total. The van der Waals surface area contributed by atoms with Gasteiger partial charge in [0.05, 0.1) is 0 Å². The molecule has 0 bridgehead atoms. The van der Waals surface area contributed by atoms with Crippen LogP contribution >= 0.6 is 0 Å². The first kappa shape index (κ1) is 10.5. The van der Waals surface area contributed by atoms with Crippen molar-refractivity contribution in [2.45, 2.75) is 45.2 Å². The van der Waals surface area contributed by atoms with Gasteiger partial charge in [0.1, 0.15) is 5.75 Å². The largest absolute Gasteiger partial charge is 0.508 e. The third-order valence-electron chi connectivity index (χ3n) is 3.40. The van der Waals surface area contributed by atoms with Crippen molar-refractivity contribution in [3.63, 3.8) is 0 Å². The second kappa shape index (κ2) is 3.86. The number of phenols is 1. The topological polar surface area (TPSA) is 32.3 Å². The first-order chi connectivity index (χ1) is 7.09. The Kier molecular flexibility index (Phi) is 2.70. The van der Waals surface area contributed by atoms with Crippen LogP contribution in [-0.4, -0.2) is 10.6 Å². The van der Waals surface area contributed by atoms with E-state index in [1.54, 1.807) is 6.07 Å². The predicted molar refractivity (Wildman–Crippen MR) is 61.9 cm³/mol. The van der Waals surface area contributed by atoms with Crippen molar-refractivity contribution in [1.82, 2.24) is 5.32 Å². The van der Waals surface area contributed by atoms with Gasteiger partial charge in [0.2, 0.25) is 0 Å². The highest BCUT2D eigenvalue weighted by Gasteiger charge is 2.30. The van der Waals surface area contributed by atoms with Crippen LogP contribution in [0.1, 0.15) is 37.3 Å². The normalized spacial score (nSPS) is 18.5. The number of hydrogen-bond donors (Lipinski definition) is 2. The number of rotatable bonds is 3. The molecular formula is C13H19NO. The molecule has 1 aliphatic carbocycles. The zero-order valence-electron chi connectivity index (χ0n) is 9.51. The number of aromatic hydroxyl groups is 1. The Hall–Kier alpha value is -1.02. The quantitative estimate of drug-likeness (QED) is 0.795. The highest BCUT2D eigenvalue weighted by molar-refractivity contribution is 5.35. The van der Waals surface area contributed by atoms with Crippen LogP contribution in [0.4, 0.5) is 0 Å². The van der Waals surface area contributed by atoms with Gasteiger partial charge in [-0.3, -0.25) is 0 Å². The van der Waals surface area contributed by atoms with Crippen LogP contribution in [-0.2, 0) is 6.54 Å². The molecule has 2 heteroatoms. The molecule has 2 rings (SSSR count). The van der Waals surface area contributed by atoms with E-state index >= 15 is 0 Å². The summed E-state index contributed by atoms with van der Waals surface area (Å²) in [7, 11) is 0. The summed E-state index contributed by atoms with van der Waals surface area (Å²) >= 11 is 0. The summed E-state index contributed by atoms with van der Waals surface area (Å²) in [5.74, 6) is 0.399. The fraction of sp³-hybridized carbons (Fsp3) is 0.538. The molecule has 2 nitrogen and oxygen atoms in total. The molecular weight excluding hydrogens is 186 g/mol. The highest BCUT2D eigenvalue weighted by atomic mass is 16.3. The van der Waals surface area contributed by atoms with Crippen LogP contribution in [0.5, 0.6) is 5.75 Å². The summed E-state index contributed by atoms with van der Waals surface area (Å²) in [6.45, 7) is 5.07. The molecule has 0 saturated heterocycles. The second-order valence-corrected chi connectivity index (χ2v) is 4.90. The molecule has 1 aromatic rings. The van der Waals surface area contributed by atoms with E-state index in [-0.39, 0.29) is 0 Å². The van der Waals surface area contributed by atoms with Crippen LogP contribution in [0.2, 0.25) is 0 Å². The summed E-state index contributed by atoms with van der Waals surface area (Å²) in [6, 6.07) is 5.75. The van der Waals surface area contributed by atoms with Gasteiger partial charge < -0.3 is 10.4 Å². The molecule has 0 amide bonds. The lowest BCUT2D eigenvalue weighted by molar-refractivity contribution is 0.206. The fourth-order valence-corrected chi connectivity index (χ4v) is 2.05. The first-order valence-corrected chi connectivity index (χ1v) is 5.63. The average Bonchev–Trinajstić information content (AvgIpc) is 2.17. The zero-order chi connectivity index (χ0) is 10.9.